The summed E-state index contributed by atoms with van der Waals surface area (Å²) in [6.07, 6.45) is 0. The predicted octanol–water partition coefficient (Wildman–Crippen LogP) is 3.34. The number of aryl methyl sites for hydroxylation is 2. The summed E-state index contributed by atoms with van der Waals surface area (Å²) in [7, 11) is 0. The van der Waals surface area contributed by atoms with Crippen molar-refractivity contribution in [3.63, 3.8) is 0 Å². The first kappa shape index (κ1) is 22.5. The highest BCUT2D eigenvalue weighted by Gasteiger charge is 2.25. The molecule has 1 aliphatic rings. The fourth-order valence-electron chi connectivity index (χ4n) is 3.53. The van der Waals surface area contributed by atoms with Crippen molar-refractivity contribution in [3.8, 4) is 0 Å². The Morgan fingerprint density at radius 1 is 1.10 bits per heavy atom. The zero-order chi connectivity index (χ0) is 22.5. The first-order chi connectivity index (χ1) is 14.7. The van der Waals surface area contributed by atoms with Crippen LogP contribution in [0.4, 0.5) is 21.9 Å². The highest BCUT2D eigenvalue weighted by atomic mass is 35.5. The van der Waals surface area contributed by atoms with E-state index in [0.29, 0.717) is 42.6 Å². The van der Waals surface area contributed by atoms with E-state index in [2.05, 4.69) is 10.6 Å². The average Bonchev–Trinajstić information content (AvgIpc) is 2.70. The van der Waals surface area contributed by atoms with Crippen molar-refractivity contribution < 1.29 is 14.5 Å². The van der Waals surface area contributed by atoms with Gasteiger partial charge in [0.15, 0.2) is 0 Å². The molecule has 0 spiro atoms. The molecule has 0 aromatic heterocycles. The minimum Gasteiger partial charge on any atom is -0.363 e. The molecule has 2 N–H and O–H groups in total. The summed E-state index contributed by atoms with van der Waals surface area (Å²) < 4.78 is 0. The first-order valence-corrected chi connectivity index (χ1v) is 10.2. The third-order valence-corrected chi connectivity index (χ3v) is 5.33. The zero-order valence-electron chi connectivity index (χ0n) is 17.4. The Labute approximate surface area is 185 Å². The number of carbonyl (C=O) groups excluding carboxylic acids is 2. The second kappa shape index (κ2) is 9.76. The normalized spacial score (nSPS) is 14.2. The molecule has 0 atom stereocenters. The van der Waals surface area contributed by atoms with Crippen LogP contribution in [-0.4, -0.2) is 54.5 Å². The van der Waals surface area contributed by atoms with Gasteiger partial charge in [-0.15, -0.1) is 0 Å². The highest BCUT2D eigenvalue weighted by molar-refractivity contribution is 6.30. The average molecular weight is 446 g/mol. The molecule has 3 amide bonds. The van der Waals surface area contributed by atoms with Crippen molar-refractivity contribution in [2.45, 2.75) is 13.8 Å². The zero-order valence-corrected chi connectivity index (χ0v) is 18.1. The van der Waals surface area contributed by atoms with E-state index in [4.69, 9.17) is 11.6 Å². The standard InChI is InChI=1S/C21H24ClN5O4/c1-14-3-5-17(15(2)11-14)23-21(29)24-20(28)13-25-7-9-26(10-8-25)18-6-4-16(22)12-19(18)27(30)31/h3-6,11-12H,7-10,13H2,1-2H3,(H2,23,24,28,29). The fraction of sp³-hybridized carbons (Fsp3) is 0.333. The number of carbonyl (C=O) groups is 2. The number of hydrogen-bond acceptors (Lipinski definition) is 6. The van der Waals surface area contributed by atoms with Gasteiger partial charge in [-0.2, -0.15) is 0 Å². The molecule has 1 saturated heterocycles. The van der Waals surface area contributed by atoms with Crippen LogP contribution in [0, 0.1) is 24.0 Å². The Bertz CT molecular complexity index is 1010. The van der Waals surface area contributed by atoms with Crippen molar-refractivity contribution in [1.29, 1.82) is 0 Å². The van der Waals surface area contributed by atoms with Crippen LogP contribution in [0.5, 0.6) is 0 Å². The number of hydrogen-bond donors (Lipinski definition) is 2. The van der Waals surface area contributed by atoms with Crippen molar-refractivity contribution in [2.24, 2.45) is 0 Å². The second-order valence-electron chi connectivity index (χ2n) is 7.47. The summed E-state index contributed by atoms with van der Waals surface area (Å²) in [6, 6.07) is 9.65. The van der Waals surface area contributed by atoms with Crippen LogP contribution in [-0.2, 0) is 4.79 Å². The number of rotatable bonds is 5. The Morgan fingerprint density at radius 3 is 2.45 bits per heavy atom. The van der Waals surface area contributed by atoms with E-state index in [0.717, 1.165) is 11.1 Å². The molecule has 10 heteroatoms. The Hall–Kier alpha value is -3.17. The van der Waals surface area contributed by atoms with Crippen molar-refractivity contribution in [1.82, 2.24) is 10.2 Å². The number of amides is 3. The molecule has 0 saturated carbocycles. The molecule has 1 aliphatic heterocycles. The molecule has 31 heavy (non-hydrogen) atoms. The van der Waals surface area contributed by atoms with E-state index >= 15 is 0 Å². The predicted molar refractivity (Wildman–Crippen MR) is 120 cm³/mol. The number of nitrogens with one attached hydrogen (secondary N) is 2. The number of imide groups is 1. The summed E-state index contributed by atoms with van der Waals surface area (Å²) in [5.41, 5.74) is 3.11. The summed E-state index contributed by atoms with van der Waals surface area (Å²) in [5, 5.41) is 16.7. The largest absolute Gasteiger partial charge is 0.363 e. The molecule has 3 rings (SSSR count). The van der Waals surface area contributed by atoms with Gasteiger partial charge in [-0.25, -0.2) is 4.79 Å². The molecular formula is C21H24ClN5O4. The molecule has 0 aliphatic carbocycles. The quantitative estimate of drug-likeness (QED) is 0.539. The smallest absolute Gasteiger partial charge is 0.325 e. The monoisotopic (exact) mass is 445 g/mol. The molecular weight excluding hydrogens is 422 g/mol. The Morgan fingerprint density at radius 2 is 1.81 bits per heavy atom. The second-order valence-corrected chi connectivity index (χ2v) is 7.91. The van der Waals surface area contributed by atoms with Crippen LogP contribution in [0.25, 0.3) is 0 Å². The molecule has 0 unspecified atom stereocenters. The summed E-state index contributed by atoms with van der Waals surface area (Å²) in [5.74, 6) is -0.409. The van der Waals surface area contributed by atoms with Gasteiger partial charge in [0.2, 0.25) is 5.91 Å². The lowest BCUT2D eigenvalue weighted by Gasteiger charge is -2.35. The molecule has 1 heterocycles. The lowest BCUT2D eigenvalue weighted by Crippen LogP contribution is -2.50. The maximum absolute atomic E-state index is 12.3. The van der Waals surface area contributed by atoms with Crippen LogP contribution in [0.15, 0.2) is 36.4 Å². The third-order valence-electron chi connectivity index (χ3n) is 5.10. The minimum atomic E-state index is -0.577. The number of nitrogens with zero attached hydrogens (tertiary/aromatic N) is 3. The number of nitro benzene ring substituents is 1. The lowest BCUT2D eigenvalue weighted by atomic mass is 10.1. The Balaban J connectivity index is 1.50. The van der Waals surface area contributed by atoms with Gasteiger partial charge in [0.1, 0.15) is 5.69 Å². The molecule has 2 aromatic rings. The highest BCUT2D eigenvalue weighted by Crippen LogP contribution is 2.31. The van der Waals surface area contributed by atoms with Crippen molar-refractivity contribution in [3.05, 3.63) is 62.7 Å². The van der Waals surface area contributed by atoms with E-state index in [1.807, 2.05) is 35.8 Å². The lowest BCUT2D eigenvalue weighted by molar-refractivity contribution is -0.384. The fourth-order valence-corrected chi connectivity index (χ4v) is 3.70. The van der Waals surface area contributed by atoms with Crippen LogP contribution >= 0.6 is 11.6 Å². The van der Waals surface area contributed by atoms with E-state index in [-0.39, 0.29) is 12.2 Å². The van der Waals surface area contributed by atoms with Gasteiger partial charge in [0.05, 0.1) is 11.5 Å². The van der Waals surface area contributed by atoms with E-state index < -0.39 is 16.9 Å². The summed E-state index contributed by atoms with van der Waals surface area (Å²) >= 11 is 5.88. The summed E-state index contributed by atoms with van der Waals surface area (Å²) in [4.78, 5) is 39.0. The number of halogens is 1. The number of anilines is 2. The van der Waals surface area contributed by atoms with Gasteiger partial charge in [-0.05, 0) is 37.6 Å². The van der Waals surface area contributed by atoms with Gasteiger partial charge in [-0.1, -0.05) is 29.3 Å². The van der Waals surface area contributed by atoms with Crippen molar-refractivity contribution >= 4 is 40.6 Å². The number of nitro groups is 1. The van der Waals surface area contributed by atoms with Gasteiger partial charge >= 0.3 is 6.03 Å². The number of urea groups is 1. The summed E-state index contributed by atoms with van der Waals surface area (Å²) in [6.45, 7) is 6.02. The van der Waals surface area contributed by atoms with E-state index in [9.17, 15) is 19.7 Å². The maximum atomic E-state index is 12.3. The van der Waals surface area contributed by atoms with E-state index in [1.165, 1.54) is 6.07 Å². The molecule has 164 valence electrons. The number of piperazine rings is 1. The maximum Gasteiger partial charge on any atom is 0.325 e. The van der Waals surface area contributed by atoms with Gasteiger partial charge in [-0.3, -0.25) is 25.1 Å². The van der Waals surface area contributed by atoms with Gasteiger partial charge in [0, 0.05) is 43.0 Å². The Kier molecular flexibility index (Phi) is 7.09. The van der Waals surface area contributed by atoms with Crippen molar-refractivity contribution in [2.75, 3.05) is 42.9 Å². The molecule has 0 radical (unpaired) electrons. The molecule has 0 bridgehead atoms. The van der Waals surface area contributed by atoms with Crippen LogP contribution < -0.4 is 15.5 Å². The van der Waals surface area contributed by atoms with Gasteiger partial charge in [0.25, 0.3) is 5.69 Å². The molecule has 2 aromatic carbocycles. The minimum absolute atomic E-state index is 0.0400. The molecule has 9 nitrogen and oxygen atoms in total. The molecule has 1 fully saturated rings. The van der Waals surface area contributed by atoms with Crippen LogP contribution in [0.2, 0.25) is 5.02 Å². The third kappa shape index (κ3) is 5.93. The van der Waals surface area contributed by atoms with Crippen LogP contribution in [0.3, 0.4) is 0 Å². The number of benzene rings is 2. The van der Waals surface area contributed by atoms with Crippen LogP contribution in [0.1, 0.15) is 11.1 Å². The first-order valence-electron chi connectivity index (χ1n) is 9.82. The van der Waals surface area contributed by atoms with E-state index in [1.54, 1.807) is 18.2 Å². The van der Waals surface area contributed by atoms with Gasteiger partial charge < -0.3 is 10.2 Å². The SMILES string of the molecule is Cc1ccc(NC(=O)NC(=O)CN2CCN(c3ccc(Cl)cc3[N+](=O)[O-])CC2)c(C)c1. The topological polar surface area (TPSA) is 108 Å².